The molecule has 0 atom stereocenters. The van der Waals surface area contributed by atoms with Crippen molar-refractivity contribution < 1.29 is 0 Å². The van der Waals surface area contributed by atoms with Gasteiger partial charge < -0.3 is 5.73 Å². The first-order valence-corrected chi connectivity index (χ1v) is 6.49. The second-order valence-corrected chi connectivity index (χ2v) is 4.88. The van der Waals surface area contributed by atoms with Gasteiger partial charge in [0.05, 0.1) is 5.71 Å². The molecule has 0 radical (unpaired) electrons. The van der Waals surface area contributed by atoms with Crippen LogP contribution >= 0.6 is 0 Å². The van der Waals surface area contributed by atoms with E-state index in [-0.39, 0.29) is 5.56 Å². The number of aromatic nitrogens is 1. The molecule has 5 nitrogen and oxygen atoms in total. The summed E-state index contributed by atoms with van der Waals surface area (Å²) in [7, 11) is 0. The maximum atomic E-state index is 12.3. The van der Waals surface area contributed by atoms with Crippen molar-refractivity contribution in [3.8, 4) is 6.07 Å². The van der Waals surface area contributed by atoms with E-state index in [0.29, 0.717) is 22.7 Å². The molecule has 1 heterocycles. The zero-order valence-electron chi connectivity index (χ0n) is 12.2. The number of nitrogen functional groups attached to an aromatic ring is 1. The molecule has 2 N–H and O–H groups in total. The lowest BCUT2D eigenvalue weighted by molar-refractivity contribution is 0.781. The number of aryl methyl sites for hydroxylation is 2. The number of nitriles is 1. The van der Waals surface area contributed by atoms with Crippen molar-refractivity contribution in [3.63, 3.8) is 0 Å². The summed E-state index contributed by atoms with van der Waals surface area (Å²) < 4.78 is 1.25. The molecule has 0 saturated heterocycles. The van der Waals surface area contributed by atoms with Gasteiger partial charge in [-0.1, -0.05) is 12.1 Å². The van der Waals surface area contributed by atoms with Crippen molar-refractivity contribution in [3.05, 3.63) is 63.1 Å². The van der Waals surface area contributed by atoms with Crippen LogP contribution in [-0.4, -0.2) is 10.4 Å². The quantitative estimate of drug-likeness (QED) is 0.676. The molecule has 0 saturated carbocycles. The highest BCUT2D eigenvalue weighted by atomic mass is 16.1. The number of nitrogens with two attached hydrogens (primary N) is 1. The normalized spacial score (nSPS) is 11.2. The van der Waals surface area contributed by atoms with E-state index >= 15 is 0 Å². The smallest absolute Gasteiger partial charge is 0.289 e. The Morgan fingerprint density at radius 3 is 2.67 bits per heavy atom. The number of benzene rings is 1. The molecule has 106 valence electrons. The maximum absolute atomic E-state index is 12.3. The second kappa shape index (κ2) is 5.63. The lowest BCUT2D eigenvalue weighted by atomic mass is 10.1. The number of rotatable bonds is 2. The van der Waals surface area contributed by atoms with Gasteiger partial charge in [0.15, 0.2) is 0 Å². The van der Waals surface area contributed by atoms with Gasteiger partial charge in [-0.15, -0.1) is 0 Å². The minimum absolute atomic E-state index is 0.115. The summed E-state index contributed by atoms with van der Waals surface area (Å²) >= 11 is 0. The van der Waals surface area contributed by atoms with E-state index in [4.69, 9.17) is 11.0 Å². The number of pyridine rings is 1. The van der Waals surface area contributed by atoms with Gasteiger partial charge >= 0.3 is 0 Å². The Kier molecular flexibility index (Phi) is 3.90. The Hall–Kier alpha value is -2.87. The van der Waals surface area contributed by atoms with Crippen molar-refractivity contribution in [2.24, 2.45) is 5.10 Å². The Bertz CT molecular complexity index is 825. The Balaban J connectivity index is 2.61. The van der Waals surface area contributed by atoms with Crippen molar-refractivity contribution in [1.82, 2.24) is 4.68 Å². The number of anilines is 1. The third-order valence-corrected chi connectivity index (χ3v) is 3.23. The van der Waals surface area contributed by atoms with Crippen LogP contribution in [0.5, 0.6) is 0 Å². The van der Waals surface area contributed by atoms with E-state index in [9.17, 15) is 4.79 Å². The predicted molar refractivity (Wildman–Crippen MR) is 83.4 cm³/mol. The summed E-state index contributed by atoms with van der Waals surface area (Å²) in [4.78, 5) is 12.3. The Morgan fingerprint density at radius 2 is 2.05 bits per heavy atom. The van der Waals surface area contributed by atoms with Crippen LogP contribution in [-0.2, 0) is 0 Å². The van der Waals surface area contributed by atoms with E-state index in [0.717, 1.165) is 5.56 Å². The lowest BCUT2D eigenvalue weighted by Gasteiger charge is -2.08. The van der Waals surface area contributed by atoms with Gasteiger partial charge in [-0.2, -0.15) is 10.4 Å². The molecule has 1 aromatic heterocycles. The first-order valence-electron chi connectivity index (χ1n) is 6.49. The fourth-order valence-corrected chi connectivity index (χ4v) is 2.11. The molecule has 21 heavy (non-hydrogen) atoms. The molecule has 0 aliphatic heterocycles. The number of nitrogens with zero attached hydrogens (tertiary/aromatic N) is 3. The zero-order chi connectivity index (χ0) is 15.6. The van der Waals surface area contributed by atoms with E-state index in [1.807, 2.05) is 18.2 Å². The largest absolute Gasteiger partial charge is 0.399 e. The fourth-order valence-electron chi connectivity index (χ4n) is 2.11. The van der Waals surface area contributed by atoms with Crippen molar-refractivity contribution >= 4 is 11.4 Å². The van der Waals surface area contributed by atoms with Crippen LogP contribution in [0.25, 0.3) is 0 Å². The summed E-state index contributed by atoms with van der Waals surface area (Å²) in [5.41, 5.74) is 8.92. The summed E-state index contributed by atoms with van der Waals surface area (Å²) in [5, 5.41) is 13.4. The first kappa shape index (κ1) is 14.5. The second-order valence-electron chi connectivity index (χ2n) is 4.88. The lowest BCUT2D eigenvalue weighted by Crippen LogP contribution is -2.23. The number of hydrogen-bond acceptors (Lipinski definition) is 4. The summed E-state index contributed by atoms with van der Waals surface area (Å²) in [5.74, 6) is 0. The highest BCUT2D eigenvalue weighted by molar-refractivity contribution is 5.99. The van der Waals surface area contributed by atoms with Gasteiger partial charge in [-0.3, -0.25) is 4.79 Å². The van der Waals surface area contributed by atoms with Crippen LogP contribution in [0.2, 0.25) is 0 Å². The van der Waals surface area contributed by atoms with Crippen molar-refractivity contribution in [2.75, 3.05) is 5.73 Å². The van der Waals surface area contributed by atoms with E-state index in [2.05, 4.69) is 5.10 Å². The van der Waals surface area contributed by atoms with Gasteiger partial charge in [0.2, 0.25) is 0 Å². The van der Waals surface area contributed by atoms with Gasteiger partial charge in [0.25, 0.3) is 5.56 Å². The third-order valence-electron chi connectivity index (χ3n) is 3.23. The van der Waals surface area contributed by atoms with Crippen LogP contribution < -0.4 is 11.3 Å². The molecule has 1 aromatic carbocycles. The molecule has 2 rings (SSSR count). The molecule has 0 amide bonds. The molecule has 0 aliphatic rings. The highest BCUT2D eigenvalue weighted by Crippen LogP contribution is 2.10. The molecule has 0 spiro atoms. The van der Waals surface area contributed by atoms with Crippen molar-refractivity contribution in [2.45, 2.75) is 20.8 Å². The molecule has 2 aromatic rings. The highest BCUT2D eigenvalue weighted by Gasteiger charge is 2.10. The molecule has 0 bridgehead atoms. The Labute approximate surface area is 123 Å². The van der Waals surface area contributed by atoms with E-state index in [1.54, 1.807) is 39.0 Å². The summed E-state index contributed by atoms with van der Waals surface area (Å²) in [6, 6.07) is 11.0. The standard InChI is InChI=1S/C16H16N4O/c1-10-7-11(2)20(16(21)15(10)9-17)19-12(3)13-5-4-6-14(18)8-13/h4-8H,18H2,1-3H3/b19-12+. The van der Waals surface area contributed by atoms with Crippen LogP contribution in [0.3, 0.4) is 0 Å². The van der Waals surface area contributed by atoms with Crippen molar-refractivity contribution in [1.29, 1.82) is 5.26 Å². The average molecular weight is 280 g/mol. The average Bonchev–Trinajstić information content (AvgIpc) is 2.43. The van der Waals surface area contributed by atoms with Gasteiger partial charge in [0.1, 0.15) is 11.6 Å². The molecular weight excluding hydrogens is 264 g/mol. The van der Waals surface area contributed by atoms with Gasteiger partial charge in [-0.05, 0) is 50.1 Å². The van der Waals surface area contributed by atoms with Gasteiger partial charge in [0, 0.05) is 11.4 Å². The molecule has 0 unspecified atom stereocenters. The van der Waals surface area contributed by atoms with Gasteiger partial charge in [-0.25, -0.2) is 4.68 Å². The van der Waals surface area contributed by atoms with E-state index < -0.39 is 5.56 Å². The fraction of sp³-hybridized carbons (Fsp3) is 0.188. The minimum Gasteiger partial charge on any atom is -0.399 e. The molecular formula is C16H16N4O. The molecule has 0 aliphatic carbocycles. The monoisotopic (exact) mass is 280 g/mol. The third kappa shape index (κ3) is 2.84. The first-order chi connectivity index (χ1) is 9.93. The SMILES string of the molecule is C/C(=N\n1c(C)cc(C)c(C#N)c1=O)c1cccc(N)c1. The molecule has 5 heteroatoms. The number of hydrogen-bond donors (Lipinski definition) is 1. The topological polar surface area (TPSA) is 84.2 Å². The van der Waals surface area contributed by atoms with Crippen LogP contribution in [0.15, 0.2) is 40.2 Å². The van der Waals surface area contributed by atoms with E-state index in [1.165, 1.54) is 4.68 Å². The van der Waals surface area contributed by atoms with Crippen LogP contribution in [0.4, 0.5) is 5.69 Å². The Morgan fingerprint density at radius 1 is 1.33 bits per heavy atom. The maximum Gasteiger partial charge on any atom is 0.289 e. The predicted octanol–water partition coefficient (Wildman–Crippen LogP) is 2.19. The summed E-state index contributed by atoms with van der Waals surface area (Å²) in [6.45, 7) is 5.32. The molecule has 0 fully saturated rings. The summed E-state index contributed by atoms with van der Waals surface area (Å²) in [6.07, 6.45) is 0. The van der Waals surface area contributed by atoms with Crippen LogP contribution in [0, 0.1) is 25.2 Å². The minimum atomic E-state index is -0.404. The zero-order valence-corrected chi connectivity index (χ0v) is 12.2. The van der Waals surface area contributed by atoms with Crippen LogP contribution in [0.1, 0.15) is 29.3 Å².